The number of carbonyl (C=O) groups is 1. The largest absolute Gasteiger partial charge is 0.348 e. The lowest BCUT2D eigenvalue weighted by atomic mass is 10.1. The van der Waals surface area contributed by atoms with E-state index in [0.717, 1.165) is 0 Å². The van der Waals surface area contributed by atoms with Crippen LogP contribution >= 0.6 is 11.6 Å². The van der Waals surface area contributed by atoms with E-state index in [1.165, 1.54) is 24.5 Å². The van der Waals surface area contributed by atoms with Crippen LogP contribution in [0.3, 0.4) is 0 Å². The third kappa shape index (κ3) is 3.35. The van der Waals surface area contributed by atoms with E-state index in [4.69, 9.17) is 11.6 Å². The summed E-state index contributed by atoms with van der Waals surface area (Å²) in [7, 11) is 0. The highest BCUT2D eigenvalue weighted by Gasteiger charge is 2.15. The van der Waals surface area contributed by atoms with Crippen LogP contribution in [-0.4, -0.2) is 15.8 Å². The van der Waals surface area contributed by atoms with E-state index in [1.54, 1.807) is 19.1 Å². The molecule has 0 fully saturated rings. The van der Waals surface area contributed by atoms with Gasteiger partial charge in [0, 0.05) is 30.6 Å². The van der Waals surface area contributed by atoms with Gasteiger partial charge in [0.2, 0.25) is 0 Å². The molecular weight excluding hydrogens is 294 g/mol. The van der Waals surface area contributed by atoms with Crippen LogP contribution < -0.4 is 5.32 Å². The Morgan fingerprint density at radius 1 is 1.43 bits per heavy atom. The first-order valence-corrected chi connectivity index (χ1v) is 6.49. The molecule has 0 saturated carbocycles. The van der Waals surface area contributed by atoms with Crippen LogP contribution in [0.4, 0.5) is 5.69 Å². The van der Waals surface area contributed by atoms with Crippen molar-refractivity contribution in [3.05, 3.63) is 68.5 Å². The molecular formula is C14H12ClN3O3. The Morgan fingerprint density at radius 2 is 2.19 bits per heavy atom. The molecule has 1 aromatic carbocycles. The maximum absolute atomic E-state index is 12.0. The molecule has 0 aliphatic rings. The van der Waals surface area contributed by atoms with Crippen LogP contribution in [0, 0.1) is 17.0 Å². The number of hydrogen-bond donors (Lipinski definition) is 1. The molecule has 21 heavy (non-hydrogen) atoms. The predicted octanol–water partition coefficient (Wildman–Crippen LogP) is 2.88. The van der Waals surface area contributed by atoms with Gasteiger partial charge in [-0.1, -0.05) is 23.7 Å². The zero-order chi connectivity index (χ0) is 15.4. The van der Waals surface area contributed by atoms with Gasteiger partial charge < -0.3 is 5.32 Å². The van der Waals surface area contributed by atoms with E-state index in [-0.39, 0.29) is 23.7 Å². The van der Waals surface area contributed by atoms with E-state index in [9.17, 15) is 14.9 Å². The Labute approximate surface area is 125 Å². The van der Waals surface area contributed by atoms with Gasteiger partial charge in [-0.15, -0.1) is 0 Å². The minimum absolute atomic E-state index is 0.0289. The molecule has 0 saturated heterocycles. The van der Waals surface area contributed by atoms with Crippen molar-refractivity contribution >= 4 is 23.2 Å². The van der Waals surface area contributed by atoms with Crippen molar-refractivity contribution in [2.75, 3.05) is 0 Å². The summed E-state index contributed by atoms with van der Waals surface area (Å²) in [6.07, 6.45) is 2.86. The maximum Gasteiger partial charge on any atom is 0.272 e. The summed E-state index contributed by atoms with van der Waals surface area (Å²) < 4.78 is 0. The summed E-state index contributed by atoms with van der Waals surface area (Å²) in [6.45, 7) is 1.83. The van der Waals surface area contributed by atoms with Gasteiger partial charge in [0.25, 0.3) is 11.6 Å². The topological polar surface area (TPSA) is 85.1 Å². The number of nitrogens with zero attached hydrogens (tertiary/aromatic N) is 2. The fourth-order valence-corrected chi connectivity index (χ4v) is 2.07. The molecule has 1 aromatic heterocycles. The molecule has 2 rings (SSSR count). The average molecular weight is 306 g/mol. The lowest BCUT2D eigenvalue weighted by Crippen LogP contribution is -2.23. The van der Waals surface area contributed by atoms with E-state index in [1.807, 2.05) is 0 Å². The summed E-state index contributed by atoms with van der Waals surface area (Å²) >= 11 is 5.91. The van der Waals surface area contributed by atoms with E-state index in [0.29, 0.717) is 16.1 Å². The second kappa shape index (κ2) is 6.32. The number of aromatic nitrogens is 1. The van der Waals surface area contributed by atoms with Gasteiger partial charge in [-0.05, 0) is 18.6 Å². The van der Waals surface area contributed by atoms with Crippen molar-refractivity contribution in [2.24, 2.45) is 0 Å². The zero-order valence-corrected chi connectivity index (χ0v) is 11.9. The highest BCUT2D eigenvalue weighted by molar-refractivity contribution is 6.33. The van der Waals surface area contributed by atoms with Crippen molar-refractivity contribution in [1.82, 2.24) is 10.3 Å². The van der Waals surface area contributed by atoms with Gasteiger partial charge in [0.15, 0.2) is 0 Å². The second-order valence-electron chi connectivity index (χ2n) is 4.36. The molecule has 108 valence electrons. The molecule has 0 radical (unpaired) electrons. The smallest absolute Gasteiger partial charge is 0.272 e. The number of benzene rings is 1. The van der Waals surface area contributed by atoms with Crippen LogP contribution in [-0.2, 0) is 6.54 Å². The van der Waals surface area contributed by atoms with Crippen LogP contribution in [0.25, 0.3) is 0 Å². The second-order valence-corrected chi connectivity index (χ2v) is 4.76. The van der Waals surface area contributed by atoms with Crippen LogP contribution in [0.2, 0.25) is 5.02 Å². The van der Waals surface area contributed by atoms with Gasteiger partial charge in [-0.3, -0.25) is 19.9 Å². The number of halogens is 1. The van der Waals surface area contributed by atoms with Gasteiger partial charge in [-0.2, -0.15) is 0 Å². The molecule has 0 aliphatic carbocycles. The average Bonchev–Trinajstić information content (AvgIpc) is 2.46. The Kier molecular flexibility index (Phi) is 4.49. The van der Waals surface area contributed by atoms with Crippen LogP contribution in [0.15, 0.2) is 36.7 Å². The zero-order valence-electron chi connectivity index (χ0n) is 11.2. The summed E-state index contributed by atoms with van der Waals surface area (Å²) in [6, 6.07) is 6.27. The standard InChI is InChI=1S/C14H12ClN3O3/c1-9-10(3-2-4-13(9)18(20)21)7-17-14(19)11-8-16-6-5-12(11)15/h2-6,8H,7H2,1H3,(H,17,19). The molecule has 7 heteroatoms. The van der Waals surface area contributed by atoms with E-state index < -0.39 is 4.92 Å². The summed E-state index contributed by atoms with van der Waals surface area (Å²) in [5.41, 5.74) is 1.50. The molecule has 0 spiro atoms. The molecule has 1 N–H and O–H groups in total. The maximum atomic E-state index is 12.0. The number of nitro benzene ring substituents is 1. The molecule has 0 unspecified atom stereocenters. The summed E-state index contributed by atoms with van der Waals surface area (Å²) in [4.78, 5) is 26.3. The number of rotatable bonds is 4. The number of nitro groups is 1. The van der Waals surface area contributed by atoms with Crippen LogP contribution in [0.5, 0.6) is 0 Å². The quantitative estimate of drug-likeness (QED) is 0.695. The Bertz CT molecular complexity index is 704. The third-order valence-corrected chi connectivity index (χ3v) is 3.40. The molecule has 0 atom stereocenters. The lowest BCUT2D eigenvalue weighted by molar-refractivity contribution is -0.385. The van der Waals surface area contributed by atoms with E-state index in [2.05, 4.69) is 10.3 Å². The Hall–Kier alpha value is -2.47. The molecule has 6 nitrogen and oxygen atoms in total. The fraction of sp³-hybridized carbons (Fsp3) is 0.143. The monoisotopic (exact) mass is 305 g/mol. The predicted molar refractivity (Wildman–Crippen MR) is 78.3 cm³/mol. The molecule has 1 amide bonds. The van der Waals surface area contributed by atoms with Gasteiger partial charge in [-0.25, -0.2) is 0 Å². The first-order chi connectivity index (χ1) is 10.0. The molecule has 0 bridgehead atoms. The minimum Gasteiger partial charge on any atom is -0.348 e. The van der Waals surface area contributed by atoms with Crippen molar-refractivity contribution in [3.63, 3.8) is 0 Å². The van der Waals surface area contributed by atoms with Crippen molar-refractivity contribution < 1.29 is 9.72 Å². The normalized spacial score (nSPS) is 10.2. The summed E-state index contributed by atoms with van der Waals surface area (Å²) in [5, 5.41) is 13.9. The van der Waals surface area contributed by atoms with Crippen molar-refractivity contribution in [2.45, 2.75) is 13.5 Å². The van der Waals surface area contributed by atoms with Gasteiger partial charge in [0.1, 0.15) is 0 Å². The van der Waals surface area contributed by atoms with Gasteiger partial charge >= 0.3 is 0 Å². The molecule has 2 aromatic rings. The van der Waals surface area contributed by atoms with Crippen molar-refractivity contribution in [1.29, 1.82) is 0 Å². The van der Waals surface area contributed by atoms with Crippen LogP contribution in [0.1, 0.15) is 21.5 Å². The van der Waals surface area contributed by atoms with Gasteiger partial charge in [0.05, 0.1) is 15.5 Å². The van der Waals surface area contributed by atoms with E-state index >= 15 is 0 Å². The highest BCUT2D eigenvalue weighted by atomic mass is 35.5. The SMILES string of the molecule is Cc1c(CNC(=O)c2cnccc2Cl)cccc1[N+](=O)[O-]. The number of pyridine rings is 1. The number of hydrogen-bond acceptors (Lipinski definition) is 4. The minimum atomic E-state index is -0.446. The lowest BCUT2D eigenvalue weighted by Gasteiger charge is -2.09. The molecule has 0 aliphatic heterocycles. The Morgan fingerprint density at radius 3 is 2.86 bits per heavy atom. The number of nitrogens with one attached hydrogen (secondary N) is 1. The summed E-state index contributed by atoms with van der Waals surface area (Å²) in [5.74, 6) is -0.376. The van der Waals surface area contributed by atoms with Crippen molar-refractivity contribution in [3.8, 4) is 0 Å². The number of amides is 1. The fourth-order valence-electron chi connectivity index (χ4n) is 1.87. The third-order valence-electron chi connectivity index (χ3n) is 3.07. The first-order valence-electron chi connectivity index (χ1n) is 6.11. The highest BCUT2D eigenvalue weighted by Crippen LogP contribution is 2.21. The first kappa shape index (κ1) is 14.9. The number of carbonyl (C=O) groups excluding carboxylic acids is 1. The molecule has 1 heterocycles. The Balaban J connectivity index is 2.14.